The summed E-state index contributed by atoms with van der Waals surface area (Å²) < 4.78 is 0. The van der Waals surface area contributed by atoms with Crippen LogP contribution in [0.2, 0.25) is 0 Å². The van der Waals surface area contributed by atoms with Gasteiger partial charge in [0.2, 0.25) is 5.91 Å². The van der Waals surface area contributed by atoms with Gasteiger partial charge < -0.3 is 10.4 Å². The van der Waals surface area contributed by atoms with Gasteiger partial charge in [0.25, 0.3) is 0 Å². The lowest BCUT2D eigenvalue weighted by Gasteiger charge is -2.58. The van der Waals surface area contributed by atoms with Crippen LogP contribution >= 0.6 is 0 Å². The minimum atomic E-state index is 0.0444. The number of hydrogen-bond donors (Lipinski definition) is 2. The molecule has 1 heterocycles. The molecule has 1 amide bonds. The van der Waals surface area contributed by atoms with Crippen LogP contribution in [0.25, 0.3) is 0 Å². The second-order valence-corrected chi connectivity index (χ2v) is 10.9. The third-order valence-corrected chi connectivity index (χ3v) is 9.64. The van der Waals surface area contributed by atoms with Crippen LogP contribution in [0.3, 0.4) is 0 Å². The third kappa shape index (κ3) is 3.21. The molecule has 31 heavy (non-hydrogen) atoms. The minimum absolute atomic E-state index is 0.0444. The zero-order chi connectivity index (χ0) is 21.8. The summed E-state index contributed by atoms with van der Waals surface area (Å²) in [6, 6.07) is 8.14. The second kappa shape index (κ2) is 7.58. The van der Waals surface area contributed by atoms with Gasteiger partial charge in [0, 0.05) is 29.5 Å². The van der Waals surface area contributed by atoms with Crippen LogP contribution in [0, 0.1) is 34.5 Å². The number of aliphatic hydroxyl groups is 1. The lowest BCUT2D eigenvalue weighted by molar-refractivity contribution is -0.122. The van der Waals surface area contributed by atoms with E-state index in [0.29, 0.717) is 30.0 Å². The molecule has 4 heteroatoms. The molecule has 3 aliphatic carbocycles. The Kier molecular flexibility index (Phi) is 5.12. The molecule has 0 saturated heterocycles. The summed E-state index contributed by atoms with van der Waals surface area (Å²) in [5, 5.41) is 12.4. The van der Waals surface area contributed by atoms with Gasteiger partial charge in [-0.15, -0.1) is 0 Å². The van der Waals surface area contributed by atoms with Crippen molar-refractivity contribution >= 4 is 11.7 Å². The molecule has 1 aromatic rings. The van der Waals surface area contributed by atoms with E-state index in [1.807, 2.05) is 24.3 Å². The zero-order valence-electron chi connectivity index (χ0n) is 18.8. The van der Waals surface area contributed by atoms with Gasteiger partial charge in [-0.05, 0) is 79.8 Å². The first-order chi connectivity index (χ1) is 14.9. The Hall–Kier alpha value is -1.94. The van der Waals surface area contributed by atoms with Gasteiger partial charge in [-0.2, -0.15) is 0 Å². The topological polar surface area (TPSA) is 66.4 Å². The molecular formula is C27H35NO3. The molecule has 0 spiro atoms. The first kappa shape index (κ1) is 20.9. The van der Waals surface area contributed by atoms with Gasteiger partial charge in [-0.3, -0.25) is 9.59 Å². The normalized spacial score (nSPS) is 41.1. The van der Waals surface area contributed by atoms with Crippen molar-refractivity contribution in [2.45, 2.75) is 64.8 Å². The Morgan fingerprint density at radius 3 is 2.58 bits per heavy atom. The quantitative estimate of drug-likeness (QED) is 0.712. The molecule has 7 atom stereocenters. The monoisotopic (exact) mass is 421 g/mol. The largest absolute Gasteiger partial charge is 0.396 e. The van der Waals surface area contributed by atoms with E-state index < -0.39 is 0 Å². The fourth-order valence-electron chi connectivity index (χ4n) is 7.93. The van der Waals surface area contributed by atoms with E-state index in [2.05, 4.69) is 25.2 Å². The van der Waals surface area contributed by atoms with E-state index in [1.165, 1.54) is 0 Å². The van der Waals surface area contributed by atoms with Crippen molar-refractivity contribution in [2.24, 2.45) is 34.5 Å². The van der Waals surface area contributed by atoms with Crippen LogP contribution in [0.4, 0.5) is 0 Å². The average molecular weight is 422 g/mol. The maximum atomic E-state index is 13.6. The van der Waals surface area contributed by atoms with Crippen LogP contribution in [0.5, 0.6) is 0 Å². The first-order valence-corrected chi connectivity index (χ1v) is 12.1. The molecule has 0 unspecified atom stereocenters. The number of carbonyl (C=O) groups is 2. The molecule has 3 saturated carbocycles. The molecule has 3 fully saturated rings. The summed E-state index contributed by atoms with van der Waals surface area (Å²) in [5.41, 5.74) is 2.02. The third-order valence-electron chi connectivity index (χ3n) is 9.64. The van der Waals surface area contributed by atoms with Crippen LogP contribution in [0.15, 0.2) is 36.4 Å². The number of Topliss-reactive ketones (excluding diaryl/α,β-unsaturated/α-hetero) is 1. The van der Waals surface area contributed by atoms with E-state index in [-0.39, 0.29) is 35.3 Å². The molecule has 5 rings (SSSR count). The van der Waals surface area contributed by atoms with Crippen molar-refractivity contribution in [3.8, 4) is 0 Å². The molecule has 166 valence electrons. The first-order valence-electron chi connectivity index (χ1n) is 12.1. The maximum absolute atomic E-state index is 13.6. The van der Waals surface area contributed by atoms with E-state index in [0.717, 1.165) is 49.7 Å². The van der Waals surface area contributed by atoms with Crippen LogP contribution in [0.1, 0.15) is 68.3 Å². The standard InChI is InChI=1S/C27H35NO3/c1-26-14-11-21-19(7-10-23-27(21,2)15-12-24(30)28-23)20(26)8-9-22(26)25(31)18-5-3-17(4-6-18)13-16-29/h3-6,12,15,19-23,29H,7-11,13-14,16H2,1-2H3,(H,28,30)/t19-,20-,21-,22+,23+,26-,27+/m0/s1. The Balaban J connectivity index is 1.38. The Labute approximate surface area is 185 Å². The van der Waals surface area contributed by atoms with E-state index in [1.54, 1.807) is 6.08 Å². The molecule has 1 aromatic carbocycles. The smallest absolute Gasteiger partial charge is 0.243 e. The number of amides is 1. The highest BCUT2D eigenvalue weighted by Crippen LogP contribution is 2.65. The van der Waals surface area contributed by atoms with Crippen molar-refractivity contribution in [3.05, 3.63) is 47.5 Å². The minimum Gasteiger partial charge on any atom is -0.396 e. The van der Waals surface area contributed by atoms with Gasteiger partial charge in [0.1, 0.15) is 0 Å². The molecule has 0 bridgehead atoms. The number of fused-ring (bicyclic) bond motifs is 5. The highest BCUT2D eigenvalue weighted by atomic mass is 16.3. The molecule has 4 nitrogen and oxygen atoms in total. The van der Waals surface area contributed by atoms with E-state index in [4.69, 9.17) is 5.11 Å². The Morgan fingerprint density at radius 2 is 1.84 bits per heavy atom. The van der Waals surface area contributed by atoms with Gasteiger partial charge in [-0.25, -0.2) is 0 Å². The predicted molar refractivity (Wildman–Crippen MR) is 121 cm³/mol. The molecule has 0 radical (unpaired) electrons. The van der Waals surface area contributed by atoms with Gasteiger partial charge >= 0.3 is 0 Å². The van der Waals surface area contributed by atoms with Crippen LogP contribution in [-0.2, 0) is 11.2 Å². The van der Waals surface area contributed by atoms with Crippen molar-refractivity contribution in [2.75, 3.05) is 6.61 Å². The summed E-state index contributed by atoms with van der Waals surface area (Å²) in [5.74, 6) is 2.30. The number of ketones is 1. The second-order valence-electron chi connectivity index (χ2n) is 10.9. The molecule has 2 N–H and O–H groups in total. The number of aliphatic hydroxyl groups excluding tert-OH is 1. The maximum Gasteiger partial charge on any atom is 0.243 e. The van der Waals surface area contributed by atoms with Crippen molar-refractivity contribution in [1.29, 1.82) is 0 Å². The van der Waals surface area contributed by atoms with Crippen molar-refractivity contribution in [1.82, 2.24) is 5.32 Å². The van der Waals surface area contributed by atoms with Gasteiger partial charge in [-0.1, -0.05) is 44.2 Å². The fourth-order valence-corrected chi connectivity index (χ4v) is 7.93. The highest BCUT2D eigenvalue weighted by Gasteiger charge is 2.60. The summed E-state index contributed by atoms with van der Waals surface area (Å²) in [4.78, 5) is 25.5. The van der Waals surface area contributed by atoms with Gasteiger partial charge in [0.15, 0.2) is 5.78 Å². The summed E-state index contributed by atoms with van der Waals surface area (Å²) in [6.07, 6.45) is 11.2. The fraction of sp³-hybridized carbons (Fsp3) is 0.630. The summed E-state index contributed by atoms with van der Waals surface area (Å²) >= 11 is 0. The predicted octanol–water partition coefficient (Wildman–Crippen LogP) is 4.32. The highest BCUT2D eigenvalue weighted by molar-refractivity contribution is 5.98. The van der Waals surface area contributed by atoms with Crippen LogP contribution < -0.4 is 5.32 Å². The van der Waals surface area contributed by atoms with E-state index >= 15 is 0 Å². The SMILES string of the molecule is C[C@]12C=CC(=O)N[C@@H]1CC[C@@H]1[C@@H]2CC[C@]2(C)[C@@H](C(=O)c3ccc(CCO)cc3)CC[C@@H]12. The molecule has 4 aliphatic rings. The number of benzene rings is 1. The lowest BCUT2D eigenvalue weighted by Crippen LogP contribution is -2.59. The zero-order valence-corrected chi connectivity index (χ0v) is 18.8. The number of carbonyl (C=O) groups excluding carboxylic acids is 2. The average Bonchev–Trinajstić information content (AvgIpc) is 3.12. The summed E-state index contributed by atoms with van der Waals surface area (Å²) in [6.45, 7) is 4.87. The summed E-state index contributed by atoms with van der Waals surface area (Å²) in [7, 11) is 0. The van der Waals surface area contributed by atoms with E-state index in [9.17, 15) is 9.59 Å². The van der Waals surface area contributed by atoms with Gasteiger partial charge in [0.05, 0.1) is 0 Å². The molecular weight excluding hydrogens is 386 g/mol. The lowest BCUT2D eigenvalue weighted by atomic mass is 9.47. The number of rotatable bonds is 4. The Morgan fingerprint density at radius 1 is 1.06 bits per heavy atom. The number of hydrogen-bond acceptors (Lipinski definition) is 3. The molecule has 1 aliphatic heterocycles. The van der Waals surface area contributed by atoms with Crippen LogP contribution in [-0.4, -0.2) is 29.4 Å². The Bertz CT molecular complexity index is 906. The van der Waals surface area contributed by atoms with Crippen molar-refractivity contribution < 1.29 is 14.7 Å². The molecule has 0 aromatic heterocycles. The number of nitrogens with one attached hydrogen (secondary N) is 1. The van der Waals surface area contributed by atoms with Crippen molar-refractivity contribution in [3.63, 3.8) is 0 Å².